The summed E-state index contributed by atoms with van der Waals surface area (Å²) < 4.78 is 10.4. The van der Waals surface area contributed by atoms with Crippen molar-refractivity contribution in [2.45, 2.75) is 39.3 Å². The number of amides is 3. The number of esters is 1. The first kappa shape index (κ1) is 24.1. The summed E-state index contributed by atoms with van der Waals surface area (Å²) in [6.45, 7) is 5.15. The minimum absolute atomic E-state index is 0.0440. The van der Waals surface area contributed by atoms with Gasteiger partial charge in [0.25, 0.3) is 0 Å². The van der Waals surface area contributed by atoms with Crippen molar-refractivity contribution in [1.29, 1.82) is 0 Å². The van der Waals surface area contributed by atoms with Crippen LogP contribution in [0.2, 0.25) is 0 Å². The standard InChI is InChI=1S/C25H31N3O5/c1-4-33-24(30)22-7-5-6-8-23(22)26-25(31)28(17-19-9-11-21(32-3)12-10-19)20-13-15-27(16-14-20)18(2)29/h5-12,20H,4,13-17H2,1-3H3,(H,26,31). The second-order valence-electron chi connectivity index (χ2n) is 7.91. The summed E-state index contributed by atoms with van der Waals surface area (Å²) in [6, 6.07) is 14.0. The van der Waals surface area contributed by atoms with Gasteiger partial charge in [0.05, 0.1) is 25.0 Å². The number of carbonyl (C=O) groups excluding carboxylic acids is 3. The van der Waals surface area contributed by atoms with E-state index in [9.17, 15) is 14.4 Å². The topological polar surface area (TPSA) is 88.2 Å². The number of benzene rings is 2. The molecule has 0 aliphatic carbocycles. The van der Waals surface area contributed by atoms with Gasteiger partial charge in [-0.25, -0.2) is 9.59 Å². The van der Waals surface area contributed by atoms with Gasteiger partial charge in [0, 0.05) is 32.6 Å². The van der Waals surface area contributed by atoms with Crippen LogP contribution in [-0.4, -0.2) is 60.6 Å². The van der Waals surface area contributed by atoms with Crippen LogP contribution in [-0.2, 0) is 16.1 Å². The van der Waals surface area contributed by atoms with Crippen molar-refractivity contribution in [2.75, 3.05) is 32.1 Å². The van der Waals surface area contributed by atoms with Crippen LogP contribution in [0.3, 0.4) is 0 Å². The molecule has 1 aliphatic rings. The van der Waals surface area contributed by atoms with E-state index in [-0.39, 0.29) is 24.6 Å². The lowest BCUT2D eigenvalue weighted by Gasteiger charge is -2.38. The lowest BCUT2D eigenvalue weighted by molar-refractivity contribution is -0.130. The van der Waals surface area contributed by atoms with Crippen molar-refractivity contribution >= 4 is 23.6 Å². The number of piperidine rings is 1. The Labute approximate surface area is 194 Å². The van der Waals surface area contributed by atoms with Crippen LogP contribution in [0.15, 0.2) is 48.5 Å². The Morgan fingerprint density at radius 1 is 1.06 bits per heavy atom. The zero-order valence-corrected chi connectivity index (χ0v) is 19.4. The van der Waals surface area contributed by atoms with E-state index in [1.807, 2.05) is 24.3 Å². The molecule has 33 heavy (non-hydrogen) atoms. The molecule has 0 spiro atoms. The Hall–Kier alpha value is -3.55. The Morgan fingerprint density at radius 2 is 1.73 bits per heavy atom. The van der Waals surface area contributed by atoms with Crippen molar-refractivity contribution in [3.63, 3.8) is 0 Å². The second-order valence-corrected chi connectivity index (χ2v) is 7.91. The molecule has 0 saturated carbocycles. The van der Waals surface area contributed by atoms with E-state index >= 15 is 0 Å². The van der Waals surface area contributed by atoms with E-state index in [2.05, 4.69) is 5.32 Å². The summed E-state index contributed by atoms with van der Waals surface area (Å²) in [5.41, 5.74) is 1.67. The molecule has 2 aromatic carbocycles. The third-order valence-electron chi connectivity index (χ3n) is 5.79. The molecule has 176 valence electrons. The molecular formula is C25H31N3O5. The normalized spacial score (nSPS) is 13.8. The quantitative estimate of drug-likeness (QED) is 0.642. The molecule has 1 heterocycles. The number of carbonyl (C=O) groups is 3. The van der Waals surface area contributed by atoms with Crippen molar-refractivity contribution in [3.8, 4) is 5.75 Å². The average Bonchev–Trinajstić information content (AvgIpc) is 2.83. The fourth-order valence-corrected chi connectivity index (χ4v) is 3.95. The lowest BCUT2D eigenvalue weighted by atomic mass is 10.0. The first-order valence-electron chi connectivity index (χ1n) is 11.1. The first-order valence-corrected chi connectivity index (χ1v) is 11.1. The molecule has 1 saturated heterocycles. The van der Waals surface area contributed by atoms with Crippen LogP contribution in [0.5, 0.6) is 5.75 Å². The minimum Gasteiger partial charge on any atom is -0.497 e. The molecule has 8 nitrogen and oxygen atoms in total. The number of urea groups is 1. The van der Waals surface area contributed by atoms with E-state index in [1.165, 1.54) is 0 Å². The van der Waals surface area contributed by atoms with Crippen LogP contribution in [0.4, 0.5) is 10.5 Å². The fourth-order valence-electron chi connectivity index (χ4n) is 3.95. The molecule has 3 rings (SSSR count). The first-order chi connectivity index (χ1) is 15.9. The predicted octanol–water partition coefficient (Wildman–Crippen LogP) is 3.92. The Morgan fingerprint density at radius 3 is 2.33 bits per heavy atom. The van der Waals surface area contributed by atoms with Crippen molar-refractivity contribution in [2.24, 2.45) is 0 Å². The highest BCUT2D eigenvalue weighted by Gasteiger charge is 2.29. The molecular weight excluding hydrogens is 422 g/mol. The fraction of sp³-hybridized carbons (Fsp3) is 0.400. The second kappa shape index (κ2) is 11.4. The number of ether oxygens (including phenoxy) is 2. The molecule has 1 aliphatic heterocycles. The number of hydrogen-bond acceptors (Lipinski definition) is 5. The van der Waals surface area contributed by atoms with E-state index in [1.54, 1.807) is 55.0 Å². The van der Waals surface area contributed by atoms with E-state index in [0.29, 0.717) is 43.7 Å². The van der Waals surface area contributed by atoms with Crippen LogP contribution >= 0.6 is 0 Å². The van der Waals surface area contributed by atoms with Gasteiger partial charge in [0.2, 0.25) is 5.91 Å². The molecule has 1 fully saturated rings. The monoisotopic (exact) mass is 453 g/mol. The lowest BCUT2D eigenvalue weighted by Crippen LogP contribution is -2.49. The minimum atomic E-state index is -0.482. The summed E-state index contributed by atoms with van der Waals surface area (Å²) >= 11 is 0. The van der Waals surface area contributed by atoms with Gasteiger partial charge in [-0.1, -0.05) is 24.3 Å². The van der Waals surface area contributed by atoms with Gasteiger partial charge in [0.15, 0.2) is 0 Å². The van der Waals surface area contributed by atoms with E-state index < -0.39 is 5.97 Å². The van der Waals surface area contributed by atoms with Gasteiger partial charge in [-0.2, -0.15) is 0 Å². The maximum atomic E-state index is 13.4. The molecule has 3 amide bonds. The molecule has 0 aromatic heterocycles. The largest absolute Gasteiger partial charge is 0.497 e. The zero-order valence-electron chi connectivity index (χ0n) is 19.4. The molecule has 0 radical (unpaired) electrons. The molecule has 0 unspecified atom stereocenters. The van der Waals surface area contributed by atoms with Crippen molar-refractivity contribution in [1.82, 2.24) is 9.80 Å². The van der Waals surface area contributed by atoms with Crippen molar-refractivity contribution in [3.05, 3.63) is 59.7 Å². The van der Waals surface area contributed by atoms with Gasteiger partial charge in [-0.15, -0.1) is 0 Å². The smallest absolute Gasteiger partial charge is 0.340 e. The summed E-state index contributed by atoms with van der Waals surface area (Å²) in [6.07, 6.45) is 1.37. The summed E-state index contributed by atoms with van der Waals surface area (Å²) in [5, 5.41) is 2.90. The maximum Gasteiger partial charge on any atom is 0.340 e. The molecule has 8 heteroatoms. The summed E-state index contributed by atoms with van der Waals surface area (Å²) in [4.78, 5) is 41.1. The van der Waals surface area contributed by atoms with Gasteiger partial charge in [0.1, 0.15) is 5.75 Å². The SMILES string of the molecule is CCOC(=O)c1ccccc1NC(=O)N(Cc1ccc(OC)cc1)C1CCN(C(C)=O)CC1. The van der Waals surface area contributed by atoms with Crippen LogP contribution in [0.1, 0.15) is 42.6 Å². The number of methoxy groups -OCH3 is 1. The van der Waals surface area contributed by atoms with E-state index in [0.717, 1.165) is 11.3 Å². The Bertz CT molecular complexity index is 968. The van der Waals surface area contributed by atoms with Crippen molar-refractivity contribution < 1.29 is 23.9 Å². The highest BCUT2D eigenvalue weighted by Crippen LogP contribution is 2.23. The molecule has 0 atom stereocenters. The van der Waals surface area contributed by atoms with Crippen LogP contribution in [0.25, 0.3) is 0 Å². The number of nitrogens with zero attached hydrogens (tertiary/aromatic N) is 2. The van der Waals surface area contributed by atoms with Gasteiger partial charge < -0.3 is 24.6 Å². The number of para-hydroxylation sites is 1. The number of rotatable bonds is 7. The molecule has 1 N–H and O–H groups in total. The number of likely N-dealkylation sites (tertiary alicyclic amines) is 1. The Kier molecular flexibility index (Phi) is 8.29. The third kappa shape index (κ3) is 6.25. The highest BCUT2D eigenvalue weighted by atomic mass is 16.5. The van der Waals surface area contributed by atoms with Crippen LogP contribution < -0.4 is 10.1 Å². The number of nitrogens with one attached hydrogen (secondary N) is 1. The maximum absolute atomic E-state index is 13.4. The average molecular weight is 454 g/mol. The molecule has 2 aromatic rings. The zero-order chi connectivity index (χ0) is 23.8. The van der Waals surface area contributed by atoms with Crippen LogP contribution in [0, 0.1) is 0 Å². The highest BCUT2D eigenvalue weighted by molar-refractivity contribution is 6.00. The summed E-state index contributed by atoms with van der Waals surface area (Å²) in [5.74, 6) is 0.306. The third-order valence-corrected chi connectivity index (χ3v) is 5.79. The molecule has 0 bridgehead atoms. The predicted molar refractivity (Wildman–Crippen MR) is 125 cm³/mol. The van der Waals surface area contributed by atoms with Gasteiger partial charge >= 0.3 is 12.0 Å². The van der Waals surface area contributed by atoms with Gasteiger partial charge in [-0.3, -0.25) is 4.79 Å². The van der Waals surface area contributed by atoms with Gasteiger partial charge in [-0.05, 0) is 49.6 Å². The number of hydrogen-bond donors (Lipinski definition) is 1. The van der Waals surface area contributed by atoms with E-state index in [4.69, 9.17) is 9.47 Å². The Balaban J connectivity index is 1.82. The number of anilines is 1. The summed E-state index contributed by atoms with van der Waals surface area (Å²) in [7, 11) is 1.61.